The van der Waals surface area contributed by atoms with Crippen molar-refractivity contribution < 1.29 is 9.59 Å². The van der Waals surface area contributed by atoms with Crippen LogP contribution in [0.25, 0.3) is 0 Å². The van der Waals surface area contributed by atoms with Crippen molar-refractivity contribution in [3.63, 3.8) is 0 Å². The Hall–Kier alpha value is -1.49. The molecule has 2 amide bonds. The molecule has 1 aromatic carbocycles. The minimum atomic E-state index is -0.326. The molecular weight excluding hydrogens is 260 g/mol. The maximum absolute atomic E-state index is 12.3. The molecule has 102 valence electrons. The largest absolute Gasteiger partial charge is 0.331 e. The summed E-state index contributed by atoms with van der Waals surface area (Å²) in [7, 11) is 0. The van der Waals surface area contributed by atoms with Crippen LogP contribution in [0, 0.1) is 0 Å². The predicted molar refractivity (Wildman–Crippen MR) is 77.3 cm³/mol. The zero-order valence-electron chi connectivity index (χ0n) is 11.2. The summed E-state index contributed by atoms with van der Waals surface area (Å²) in [6, 6.07) is 7.37. The van der Waals surface area contributed by atoms with Crippen LogP contribution in [0.5, 0.6) is 0 Å². The maximum Gasteiger partial charge on any atom is 0.247 e. The van der Waals surface area contributed by atoms with Crippen molar-refractivity contribution in [1.29, 1.82) is 0 Å². The summed E-state index contributed by atoms with van der Waals surface area (Å²) in [6.45, 7) is 2.19. The first-order valence-corrected chi connectivity index (χ1v) is 7.57. The van der Waals surface area contributed by atoms with Gasteiger partial charge in [-0.2, -0.15) is 0 Å². The summed E-state index contributed by atoms with van der Waals surface area (Å²) >= 11 is 1.59. The Bertz CT molecular complexity index is 490. The standard InChI is InChI=1S/C14H18N2O2S/c1-10(17)16-9-5-7-12(16)14(18)15-11-6-3-4-8-13(11)19-2/h3-4,6,8,12H,5,7,9H2,1-2H3,(H,15,18). The molecule has 2 rings (SSSR count). The average molecular weight is 278 g/mol. The van der Waals surface area contributed by atoms with Crippen LogP contribution < -0.4 is 5.32 Å². The van der Waals surface area contributed by atoms with E-state index in [1.54, 1.807) is 16.7 Å². The van der Waals surface area contributed by atoms with Gasteiger partial charge in [-0.1, -0.05) is 12.1 Å². The fraction of sp³-hybridized carbons (Fsp3) is 0.429. The van der Waals surface area contributed by atoms with E-state index in [4.69, 9.17) is 0 Å². The van der Waals surface area contributed by atoms with Crippen molar-refractivity contribution in [2.75, 3.05) is 18.1 Å². The SMILES string of the molecule is CSc1ccccc1NC(=O)C1CCCN1C(C)=O. The van der Waals surface area contributed by atoms with Gasteiger partial charge in [-0.05, 0) is 31.2 Å². The fourth-order valence-electron chi connectivity index (χ4n) is 2.38. The molecule has 0 aliphatic carbocycles. The Kier molecular flexibility index (Phi) is 4.47. The Labute approximate surface area is 117 Å². The predicted octanol–water partition coefficient (Wildman–Crippen LogP) is 2.36. The molecule has 19 heavy (non-hydrogen) atoms. The third-order valence-corrected chi connectivity index (χ3v) is 4.12. The Morgan fingerprint density at radius 2 is 2.11 bits per heavy atom. The molecule has 1 aliphatic heterocycles. The number of likely N-dealkylation sites (tertiary alicyclic amines) is 1. The molecule has 1 heterocycles. The van der Waals surface area contributed by atoms with Crippen LogP contribution in [0.3, 0.4) is 0 Å². The van der Waals surface area contributed by atoms with Crippen molar-refractivity contribution in [1.82, 2.24) is 4.90 Å². The number of carbonyl (C=O) groups is 2. The number of rotatable bonds is 3. The van der Waals surface area contributed by atoms with Crippen LogP contribution in [0.1, 0.15) is 19.8 Å². The quantitative estimate of drug-likeness (QED) is 0.864. The average Bonchev–Trinajstić information content (AvgIpc) is 2.88. The first-order chi connectivity index (χ1) is 9.13. The number of nitrogens with zero attached hydrogens (tertiary/aromatic N) is 1. The van der Waals surface area contributed by atoms with Gasteiger partial charge in [0.25, 0.3) is 0 Å². The highest BCUT2D eigenvalue weighted by Crippen LogP contribution is 2.26. The van der Waals surface area contributed by atoms with Crippen LogP contribution in [0.4, 0.5) is 5.69 Å². The Morgan fingerprint density at radius 1 is 1.37 bits per heavy atom. The highest BCUT2D eigenvalue weighted by atomic mass is 32.2. The summed E-state index contributed by atoms with van der Waals surface area (Å²) in [6.07, 6.45) is 3.61. The highest BCUT2D eigenvalue weighted by Gasteiger charge is 2.32. The Balaban J connectivity index is 2.10. The number of anilines is 1. The molecule has 0 aromatic heterocycles. The normalized spacial score (nSPS) is 18.4. The van der Waals surface area contributed by atoms with Gasteiger partial charge in [-0.3, -0.25) is 9.59 Å². The minimum absolute atomic E-state index is 0.0317. The number of hydrogen-bond donors (Lipinski definition) is 1. The lowest BCUT2D eigenvalue weighted by Gasteiger charge is -2.22. The van der Waals surface area contributed by atoms with E-state index < -0.39 is 0 Å². The van der Waals surface area contributed by atoms with Gasteiger partial charge in [0.1, 0.15) is 6.04 Å². The molecule has 0 saturated carbocycles. The monoisotopic (exact) mass is 278 g/mol. The lowest BCUT2D eigenvalue weighted by molar-refractivity contribution is -0.134. The van der Waals surface area contributed by atoms with Gasteiger partial charge in [0.2, 0.25) is 11.8 Å². The number of carbonyl (C=O) groups excluding carboxylic acids is 2. The minimum Gasteiger partial charge on any atom is -0.331 e. The third kappa shape index (κ3) is 3.10. The zero-order valence-corrected chi connectivity index (χ0v) is 12.0. The molecule has 1 unspecified atom stereocenters. The van der Waals surface area contributed by atoms with E-state index in [2.05, 4.69) is 5.32 Å². The molecule has 1 fully saturated rings. The summed E-state index contributed by atoms with van der Waals surface area (Å²) in [4.78, 5) is 26.4. The zero-order chi connectivity index (χ0) is 13.8. The molecular formula is C14H18N2O2S. The third-order valence-electron chi connectivity index (χ3n) is 3.32. The van der Waals surface area contributed by atoms with Crippen LogP contribution in [0.2, 0.25) is 0 Å². The second-order valence-corrected chi connectivity index (χ2v) is 5.41. The molecule has 1 saturated heterocycles. The molecule has 0 spiro atoms. The van der Waals surface area contributed by atoms with Gasteiger partial charge >= 0.3 is 0 Å². The number of amides is 2. The van der Waals surface area contributed by atoms with Gasteiger partial charge in [-0.15, -0.1) is 11.8 Å². The first-order valence-electron chi connectivity index (χ1n) is 6.34. The molecule has 1 atom stereocenters. The van der Waals surface area contributed by atoms with E-state index in [-0.39, 0.29) is 17.9 Å². The number of nitrogens with one attached hydrogen (secondary N) is 1. The van der Waals surface area contributed by atoms with Crippen LogP contribution in [0.15, 0.2) is 29.2 Å². The van der Waals surface area contributed by atoms with Crippen molar-refractivity contribution in [2.24, 2.45) is 0 Å². The van der Waals surface area contributed by atoms with Gasteiger partial charge in [0.15, 0.2) is 0 Å². The second-order valence-electron chi connectivity index (χ2n) is 4.56. The Morgan fingerprint density at radius 3 is 2.79 bits per heavy atom. The van der Waals surface area contributed by atoms with E-state index >= 15 is 0 Å². The van der Waals surface area contributed by atoms with Crippen LogP contribution in [-0.2, 0) is 9.59 Å². The van der Waals surface area contributed by atoms with E-state index in [0.717, 1.165) is 23.4 Å². The van der Waals surface area contributed by atoms with Crippen molar-refractivity contribution in [2.45, 2.75) is 30.7 Å². The number of thioether (sulfide) groups is 1. The summed E-state index contributed by atoms with van der Waals surface area (Å²) < 4.78 is 0. The van der Waals surface area contributed by atoms with E-state index in [1.807, 2.05) is 30.5 Å². The van der Waals surface area contributed by atoms with Gasteiger partial charge < -0.3 is 10.2 Å². The molecule has 1 aromatic rings. The summed E-state index contributed by atoms with van der Waals surface area (Å²) in [5, 5.41) is 2.93. The van der Waals surface area contributed by atoms with E-state index in [0.29, 0.717) is 6.54 Å². The number of hydrogen-bond acceptors (Lipinski definition) is 3. The molecule has 1 N–H and O–H groups in total. The number of para-hydroxylation sites is 1. The van der Waals surface area contributed by atoms with E-state index in [1.165, 1.54) is 6.92 Å². The topological polar surface area (TPSA) is 49.4 Å². The van der Waals surface area contributed by atoms with Crippen LogP contribution in [-0.4, -0.2) is 35.6 Å². The van der Waals surface area contributed by atoms with Crippen molar-refractivity contribution in [3.8, 4) is 0 Å². The smallest absolute Gasteiger partial charge is 0.247 e. The fourth-order valence-corrected chi connectivity index (χ4v) is 2.93. The summed E-state index contributed by atoms with van der Waals surface area (Å²) in [5.74, 6) is -0.120. The molecule has 4 nitrogen and oxygen atoms in total. The molecule has 0 bridgehead atoms. The lowest BCUT2D eigenvalue weighted by Crippen LogP contribution is -2.42. The van der Waals surface area contributed by atoms with E-state index in [9.17, 15) is 9.59 Å². The molecule has 5 heteroatoms. The van der Waals surface area contributed by atoms with Gasteiger partial charge in [0, 0.05) is 18.4 Å². The van der Waals surface area contributed by atoms with Crippen LogP contribution >= 0.6 is 11.8 Å². The van der Waals surface area contributed by atoms with Crippen molar-refractivity contribution in [3.05, 3.63) is 24.3 Å². The van der Waals surface area contributed by atoms with Gasteiger partial charge in [-0.25, -0.2) is 0 Å². The van der Waals surface area contributed by atoms with Crippen molar-refractivity contribution >= 4 is 29.3 Å². The lowest BCUT2D eigenvalue weighted by atomic mass is 10.2. The maximum atomic E-state index is 12.3. The molecule has 1 aliphatic rings. The second kappa shape index (κ2) is 6.10. The highest BCUT2D eigenvalue weighted by molar-refractivity contribution is 7.98. The summed E-state index contributed by atoms with van der Waals surface area (Å²) in [5.41, 5.74) is 0.815. The number of benzene rings is 1. The first kappa shape index (κ1) is 13.9. The molecule has 0 radical (unpaired) electrons. The van der Waals surface area contributed by atoms with Gasteiger partial charge in [0.05, 0.1) is 5.69 Å².